The van der Waals surface area contributed by atoms with Crippen LogP contribution in [0.2, 0.25) is 0 Å². The molecule has 82 valence electrons. The Balaban J connectivity index is 2.54. The number of nitrogens with one attached hydrogen (secondary N) is 1. The molecule has 15 heavy (non-hydrogen) atoms. The van der Waals surface area contributed by atoms with E-state index in [1.807, 2.05) is 0 Å². The number of aromatic nitrogens is 1. The molecule has 1 heterocycles. The molecular weight excluding hydrogens is 199 g/mol. The van der Waals surface area contributed by atoms with Crippen molar-refractivity contribution in [3.63, 3.8) is 0 Å². The van der Waals surface area contributed by atoms with E-state index < -0.39 is 17.8 Å². The van der Waals surface area contributed by atoms with Gasteiger partial charge in [-0.1, -0.05) is 6.92 Å². The van der Waals surface area contributed by atoms with Crippen LogP contribution in [-0.2, 0) is 0 Å². The van der Waals surface area contributed by atoms with E-state index >= 15 is 0 Å². The third-order valence-electron chi connectivity index (χ3n) is 1.94. The van der Waals surface area contributed by atoms with Crippen molar-refractivity contribution in [2.75, 3.05) is 6.54 Å². The zero-order valence-corrected chi connectivity index (χ0v) is 8.40. The Morgan fingerprint density at radius 2 is 2.40 bits per heavy atom. The molecule has 0 aliphatic heterocycles. The number of hydrogen-bond donors (Lipinski definition) is 2. The molecule has 4 nitrogen and oxygen atoms in total. The Kier molecular flexibility index (Phi) is 4.17. The van der Waals surface area contributed by atoms with Gasteiger partial charge in [0.15, 0.2) is 0 Å². The second-order valence-corrected chi connectivity index (χ2v) is 3.16. The molecule has 1 aromatic heterocycles. The molecule has 0 aromatic carbocycles. The number of nitrogens with zero attached hydrogens (tertiary/aromatic N) is 1. The Hall–Kier alpha value is -1.49. The lowest BCUT2D eigenvalue weighted by Crippen LogP contribution is -2.31. The maximum absolute atomic E-state index is 12.7. The van der Waals surface area contributed by atoms with Gasteiger partial charge in [-0.15, -0.1) is 0 Å². The fourth-order valence-corrected chi connectivity index (χ4v) is 0.993. The zero-order valence-electron chi connectivity index (χ0n) is 8.40. The number of aliphatic hydroxyl groups is 1. The summed E-state index contributed by atoms with van der Waals surface area (Å²) in [5.41, 5.74) is 0.151. The highest BCUT2D eigenvalue weighted by Gasteiger charge is 2.08. The van der Waals surface area contributed by atoms with Crippen LogP contribution in [0.3, 0.4) is 0 Å². The summed E-state index contributed by atoms with van der Waals surface area (Å²) < 4.78 is 12.7. The molecule has 5 heteroatoms. The molecule has 0 radical (unpaired) electrons. The molecule has 0 saturated carbocycles. The zero-order chi connectivity index (χ0) is 11.3. The first-order valence-corrected chi connectivity index (χ1v) is 4.70. The summed E-state index contributed by atoms with van der Waals surface area (Å²) in [4.78, 5) is 14.9. The van der Waals surface area contributed by atoms with Crippen LogP contribution in [0.1, 0.15) is 23.7 Å². The average Bonchev–Trinajstić information content (AvgIpc) is 2.25. The monoisotopic (exact) mass is 212 g/mol. The molecule has 1 atom stereocenters. The summed E-state index contributed by atoms with van der Waals surface area (Å²) in [6.45, 7) is 1.96. The maximum atomic E-state index is 12.7. The van der Waals surface area contributed by atoms with Crippen molar-refractivity contribution >= 4 is 5.91 Å². The first kappa shape index (κ1) is 11.6. The van der Waals surface area contributed by atoms with Gasteiger partial charge in [-0.3, -0.25) is 9.78 Å². The van der Waals surface area contributed by atoms with Crippen LogP contribution in [0.15, 0.2) is 18.5 Å². The average molecular weight is 212 g/mol. The van der Waals surface area contributed by atoms with Crippen molar-refractivity contribution in [3.8, 4) is 0 Å². The number of pyridine rings is 1. The molecule has 2 N–H and O–H groups in total. The number of halogens is 1. The van der Waals surface area contributed by atoms with Crippen molar-refractivity contribution < 1.29 is 14.3 Å². The van der Waals surface area contributed by atoms with Gasteiger partial charge in [0.2, 0.25) is 0 Å². The van der Waals surface area contributed by atoms with Gasteiger partial charge >= 0.3 is 0 Å². The normalized spacial score (nSPS) is 12.2. The van der Waals surface area contributed by atoms with E-state index in [-0.39, 0.29) is 12.1 Å². The molecule has 0 saturated heterocycles. The maximum Gasteiger partial charge on any atom is 0.253 e. The standard InChI is InChI=1S/C10H13FN2O2/c1-2-9(14)6-13-10(15)7-3-8(11)5-12-4-7/h3-5,9,14H,2,6H2,1H3,(H,13,15). The summed E-state index contributed by atoms with van der Waals surface area (Å²) in [5.74, 6) is -0.992. The number of amides is 1. The number of aliphatic hydroxyl groups excluding tert-OH is 1. The summed E-state index contributed by atoms with van der Waals surface area (Å²) >= 11 is 0. The van der Waals surface area contributed by atoms with Crippen LogP contribution in [0.5, 0.6) is 0 Å². The topological polar surface area (TPSA) is 62.2 Å². The molecule has 1 aromatic rings. The molecule has 0 bridgehead atoms. The van der Waals surface area contributed by atoms with Crippen LogP contribution < -0.4 is 5.32 Å². The van der Waals surface area contributed by atoms with Gasteiger partial charge < -0.3 is 10.4 Å². The molecule has 0 spiro atoms. The van der Waals surface area contributed by atoms with Crippen molar-refractivity contribution in [2.45, 2.75) is 19.4 Å². The fourth-order valence-electron chi connectivity index (χ4n) is 0.993. The Morgan fingerprint density at radius 3 is 3.00 bits per heavy atom. The third-order valence-corrected chi connectivity index (χ3v) is 1.94. The first-order chi connectivity index (χ1) is 7.13. The number of hydrogen-bond acceptors (Lipinski definition) is 3. The van der Waals surface area contributed by atoms with E-state index in [4.69, 9.17) is 0 Å². The predicted octanol–water partition coefficient (Wildman–Crippen LogP) is 0.721. The van der Waals surface area contributed by atoms with E-state index in [1.54, 1.807) is 6.92 Å². The molecular formula is C10H13FN2O2. The number of carbonyl (C=O) groups is 1. The quantitative estimate of drug-likeness (QED) is 0.773. The smallest absolute Gasteiger partial charge is 0.253 e. The predicted molar refractivity (Wildman–Crippen MR) is 52.8 cm³/mol. The molecule has 1 rings (SSSR count). The lowest BCUT2D eigenvalue weighted by Gasteiger charge is -2.08. The minimum atomic E-state index is -0.574. The van der Waals surface area contributed by atoms with Gasteiger partial charge in [0.1, 0.15) is 5.82 Å². The Labute approximate surface area is 87.1 Å². The van der Waals surface area contributed by atoms with Crippen molar-refractivity contribution in [1.29, 1.82) is 0 Å². The van der Waals surface area contributed by atoms with Gasteiger partial charge in [0.05, 0.1) is 17.9 Å². The van der Waals surface area contributed by atoms with Gasteiger partial charge in [-0.25, -0.2) is 4.39 Å². The van der Waals surface area contributed by atoms with Crippen LogP contribution >= 0.6 is 0 Å². The molecule has 0 aliphatic rings. The van der Waals surface area contributed by atoms with Crippen molar-refractivity contribution in [3.05, 3.63) is 29.8 Å². The number of carbonyl (C=O) groups excluding carboxylic acids is 1. The SMILES string of the molecule is CCC(O)CNC(=O)c1cncc(F)c1. The van der Waals surface area contributed by atoms with Crippen LogP contribution in [0.25, 0.3) is 0 Å². The van der Waals surface area contributed by atoms with Crippen LogP contribution in [0.4, 0.5) is 4.39 Å². The van der Waals surface area contributed by atoms with E-state index in [1.165, 1.54) is 6.20 Å². The molecule has 0 aliphatic carbocycles. The van der Waals surface area contributed by atoms with Gasteiger partial charge in [0.25, 0.3) is 5.91 Å². The van der Waals surface area contributed by atoms with Crippen LogP contribution in [-0.4, -0.2) is 28.6 Å². The fraction of sp³-hybridized carbons (Fsp3) is 0.400. The van der Waals surface area contributed by atoms with Gasteiger partial charge in [0, 0.05) is 12.7 Å². The molecule has 0 fully saturated rings. The summed E-state index contributed by atoms with van der Waals surface area (Å²) in [6, 6.07) is 1.10. The highest BCUT2D eigenvalue weighted by Crippen LogP contribution is 2.00. The van der Waals surface area contributed by atoms with E-state index in [0.717, 1.165) is 12.3 Å². The summed E-state index contributed by atoms with van der Waals surface area (Å²) in [7, 11) is 0. The first-order valence-electron chi connectivity index (χ1n) is 4.70. The van der Waals surface area contributed by atoms with Gasteiger partial charge in [-0.2, -0.15) is 0 Å². The second kappa shape index (κ2) is 5.41. The van der Waals surface area contributed by atoms with Crippen molar-refractivity contribution in [2.24, 2.45) is 0 Å². The highest BCUT2D eigenvalue weighted by atomic mass is 19.1. The summed E-state index contributed by atoms with van der Waals surface area (Å²) in [6.07, 6.45) is 2.28. The lowest BCUT2D eigenvalue weighted by atomic mass is 10.2. The number of rotatable bonds is 4. The van der Waals surface area contributed by atoms with E-state index in [0.29, 0.717) is 6.42 Å². The minimum absolute atomic E-state index is 0.151. The lowest BCUT2D eigenvalue weighted by molar-refractivity contribution is 0.0913. The second-order valence-electron chi connectivity index (χ2n) is 3.16. The van der Waals surface area contributed by atoms with E-state index in [2.05, 4.69) is 10.3 Å². The van der Waals surface area contributed by atoms with Gasteiger partial charge in [-0.05, 0) is 12.5 Å². The van der Waals surface area contributed by atoms with Crippen LogP contribution in [0, 0.1) is 5.82 Å². The minimum Gasteiger partial charge on any atom is -0.391 e. The largest absolute Gasteiger partial charge is 0.391 e. The third kappa shape index (κ3) is 3.63. The molecule has 1 amide bonds. The summed E-state index contributed by atoms with van der Waals surface area (Å²) in [5, 5.41) is 11.7. The Morgan fingerprint density at radius 1 is 1.67 bits per heavy atom. The molecule has 1 unspecified atom stereocenters. The highest BCUT2D eigenvalue weighted by molar-refractivity contribution is 5.93. The Bertz CT molecular complexity index is 344. The van der Waals surface area contributed by atoms with E-state index in [9.17, 15) is 14.3 Å². The van der Waals surface area contributed by atoms with Crippen molar-refractivity contribution in [1.82, 2.24) is 10.3 Å².